The molecule has 0 aromatic carbocycles. The van der Waals surface area contributed by atoms with Crippen molar-refractivity contribution in [1.29, 1.82) is 0 Å². The molecular weight excluding hydrogens is 244 g/mol. The minimum Gasteiger partial charge on any atom is -0.444 e. The van der Waals surface area contributed by atoms with E-state index in [2.05, 4.69) is 10.3 Å². The summed E-state index contributed by atoms with van der Waals surface area (Å²) in [5.74, 6) is 0.464. The van der Waals surface area contributed by atoms with Crippen LogP contribution in [0.1, 0.15) is 50.9 Å². The van der Waals surface area contributed by atoms with Gasteiger partial charge in [-0.25, -0.2) is 4.79 Å². The molecule has 1 saturated carbocycles. The Bertz CT molecular complexity index is 476. The van der Waals surface area contributed by atoms with Crippen LogP contribution in [0.4, 0.5) is 10.5 Å². The minimum absolute atomic E-state index is 0.135. The van der Waals surface area contributed by atoms with Gasteiger partial charge in [0.2, 0.25) is 0 Å². The number of anilines is 1. The summed E-state index contributed by atoms with van der Waals surface area (Å²) in [4.78, 5) is 16.1. The van der Waals surface area contributed by atoms with Crippen LogP contribution < -0.4 is 5.32 Å². The summed E-state index contributed by atoms with van der Waals surface area (Å²) < 4.78 is 5.20. The smallest absolute Gasteiger partial charge is 0.412 e. The van der Waals surface area contributed by atoms with Crippen molar-refractivity contribution in [3.05, 3.63) is 23.5 Å². The van der Waals surface area contributed by atoms with Crippen LogP contribution in [-0.2, 0) is 11.3 Å². The second-order valence-electron chi connectivity index (χ2n) is 5.83. The van der Waals surface area contributed by atoms with E-state index in [1.807, 2.05) is 26.8 Å². The van der Waals surface area contributed by atoms with E-state index in [1.54, 1.807) is 6.07 Å². The molecule has 1 aromatic rings. The standard InChI is InChI=1S/C14H20N2O3/c1-14(2,3)19-13(18)16-10-6-11(8-17)15-12(7-10)9-4-5-9/h6-7,9,17H,4-5,8H2,1-3H3,(H,15,16,18). The Morgan fingerprint density at radius 3 is 2.68 bits per heavy atom. The van der Waals surface area contributed by atoms with Crippen LogP contribution in [0.15, 0.2) is 12.1 Å². The summed E-state index contributed by atoms with van der Waals surface area (Å²) in [5.41, 5.74) is 1.58. The molecule has 0 atom stereocenters. The highest BCUT2D eigenvalue weighted by atomic mass is 16.6. The zero-order valence-corrected chi connectivity index (χ0v) is 11.6. The number of rotatable bonds is 3. The van der Waals surface area contributed by atoms with Crippen LogP contribution in [-0.4, -0.2) is 21.8 Å². The maximum absolute atomic E-state index is 11.7. The van der Waals surface area contributed by atoms with Crippen LogP contribution in [0.3, 0.4) is 0 Å². The predicted octanol–water partition coefficient (Wildman–Crippen LogP) is 2.80. The molecule has 0 bridgehead atoms. The fourth-order valence-corrected chi connectivity index (χ4v) is 1.77. The number of aliphatic hydroxyl groups is 1. The number of carbonyl (C=O) groups is 1. The van der Waals surface area contributed by atoms with Gasteiger partial charge in [0.25, 0.3) is 0 Å². The maximum Gasteiger partial charge on any atom is 0.412 e. The molecule has 1 fully saturated rings. The van der Waals surface area contributed by atoms with Crippen LogP contribution in [0, 0.1) is 0 Å². The van der Waals surface area contributed by atoms with Gasteiger partial charge in [-0.1, -0.05) is 0 Å². The number of hydrogen-bond donors (Lipinski definition) is 2. The van der Waals surface area contributed by atoms with Crippen molar-refractivity contribution in [3.63, 3.8) is 0 Å². The fourth-order valence-electron chi connectivity index (χ4n) is 1.77. The van der Waals surface area contributed by atoms with E-state index >= 15 is 0 Å². The number of aliphatic hydroxyl groups excluding tert-OH is 1. The summed E-state index contributed by atoms with van der Waals surface area (Å²) in [6, 6.07) is 3.51. The predicted molar refractivity (Wildman–Crippen MR) is 72.0 cm³/mol. The quantitative estimate of drug-likeness (QED) is 0.880. The molecule has 0 aliphatic heterocycles. The van der Waals surface area contributed by atoms with Gasteiger partial charge < -0.3 is 9.84 Å². The molecule has 0 unspecified atom stereocenters. The zero-order valence-electron chi connectivity index (χ0n) is 11.6. The lowest BCUT2D eigenvalue weighted by Gasteiger charge is -2.20. The third-order valence-corrected chi connectivity index (χ3v) is 2.70. The molecule has 104 valence electrons. The molecule has 0 spiro atoms. The van der Waals surface area contributed by atoms with E-state index in [-0.39, 0.29) is 6.61 Å². The lowest BCUT2D eigenvalue weighted by atomic mass is 10.2. The van der Waals surface area contributed by atoms with Crippen LogP contribution in [0.2, 0.25) is 0 Å². The number of amides is 1. The average Bonchev–Trinajstić information content (AvgIpc) is 3.09. The molecule has 5 nitrogen and oxygen atoms in total. The van der Waals surface area contributed by atoms with Gasteiger partial charge >= 0.3 is 6.09 Å². The van der Waals surface area contributed by atoms with Crippen molar-refractivity contribution in [3.8, 4) is 0 Å². The molecule has 1 aromatic heterocycles. The first kappa shape index (κ1) is 13.8. The monoisotopic (exact) mass is 264 g/mol. The van der Waals surface area contributed by atoms with Gasteiger partial charge in [0.05, 0.1) is 12.3 Å². The SMILES string of the molecule is CC(C)(C)OC(=O)Nc1cc(CO)nc(C2CC2)c1. The van der Waals surface area contributed by atoms with Gasteiger partial charge in [-0.05, 0) is 45.7 Å². The normalized spacial score (nSPS) is 15.2. The van der Waals surface area contributed by atoms with Gasteiger partial charge in [-0.2, -0.15) is 0 Å². The topological polar surface area (TPSA) is 71.5 Å². The summed E-state index contributed by atoms with van der Waals surface area (Å²) >= 11 is 0. The molecule has 5 heteroatoms. The minimum atomic E-state index is -0.532. The van der Waals surface area contributed by atoms with E-state index in [9.17, 15) is 9.90 Å². The van der Waals surface area contributed by atoms with Gasteiger partial charge in [0.15, 0.2) is 0 Å². The molecule has 0 saturated heterocycles. The average molecular weight is 264 g/mol. The number of ether oxygens (including phenoxy) is 1. The summed E-state index contributed by atoms with van der Waals surface area (Å²) in [7, 11) is 0. The second-order valence-corrected chi connectivity index (χ2v) is 5.83. The summed E-state index contributed by atoms with van der Waals surface area (Å²) in [6.45, 7) is 5.30. The Balaban J connectivity index is 2.10. The maximum atomic E-state index is 11.7. The third-order valence-electron chi connectivity index (χ3n) is 2.70. The van der Waals surface area contributed by atoms with E-state index in [0.29, 0.717) is 17.3 Å². The number of carbonyl (C=O) groups excluding carboxylic acids is 1. The Kier molecular flexibility index (Phi) is 3.75. The fraction of sp³-hybridized carbons (Fsp3) is 0.571. The van der Waals surface area contributed by atoms with Crippen LogP contribution >= 0.6 is 0 Å². The highest BCUT2D eigenvalue weighted by Crippen LogP contribution is 2.39. The molecule has 1 aliphatic rings. The van der Waals surface area contributed by atoms with Crippen molar-refractivity contribution in [2.75, 3.05) is 5.32 Å². The molecule has 1 heterocycles. The highest BCUT2D eigenvalue weighted by molar-refractivity contribution is 5.85. The number of nitrogens with one attached hydrogen (secondary N) is 1. The molecule has 19 heavy (non-hydrogen) atoms. The number of hydrogen-bond acceptors (Lipinski definition) is 4. The van der Waals surface area contributed by atoms with Crippen molar-refractivity contribution in [2.24, 2.45) is 0 Å². The van der Waals surface area contributed by atoms with Crippen molar-refractivity contribution >= 4 is 11.8 Å². The zero-order chi connectivity index (χ0) is 14.0. The van der Waals surface area contributed by atoms with Gasteiger partial charge in [0.1, 0.15) is 5.60 Å². The van der Waals surface area contributed by atoms with Crippen LogP contribution in [0.25, 0.3) is 0 Å². The van der Waals surface area contributed by atoms with Gasteiger partial charge in [-0.3, -0.25) is 10.3 Å². The first-order chi connectivity index (χ1) is 8.87. The van der Waals surface area contributed by atoms with E-state index in [4.69, 9.17) is 4.74 Å². The largest absolute Gasteiger partial charge is 0.444 e. The molecular formula is C14H20N2O3. The van der Waals surface area contributed by atoms with Crippen molar-refractivity contribution in [1.82, 2.24) is 4.98 Å². The lowest BCUT2D eigenvalue weighted by molar-refractivity contribution is 0.0636. The van der Waals surface area contributed by atoms with Gasteiger partial charge in [0, 0.05) is 17.3 Å². The van der Waals surface area contributed by atoms with Crippen molar-refractivity contribution in [2.45, 2.75) is 51.7 Å². The third kappa shape index (κ3) is 4.21. The lowest BCUT2D eigenvalue weighted by Crippen LogP contribution is -2.27. The molecule has 1 aliphatic carbocycles. The van der Waals surface area contributed by atoms with E-state index in [1.165, 1.54) is 0 Å². The number of aromatic nitrogens is 1. The van der Waals surface area contributed by atoms with E-state index < -0.39 is 11.7 Å². The van der Waals surface area contributed by atoms with Crippen molar-refractivity contribution < 1.29 is 14.6 Å². The number of pyridine rings is 1. The molecule has 0 radical (unpaired) electrons. The number of nitrogens with zero attached hydrogens (tertiary/aromatic N) is 1. The first-order valence-corrected chi connectivity index (χ1v) is 6.49. The molecule has 2 rings (SSSR count). The highest BCUT2D eigenvalue weighted by Gasteiger charge is 2.26. The Morgan fingerprint density at radius 2 is 2.16 bits per heavy atom. The Hall–Kier alpha value is -1.62. The second kappa shape index (κ2) is 5.17. The Morgan fingerprint density at radius 1 is 1.47 bits per heavy atom. The summed E-state index contributed by atoms with van der Waals surface area (Å²) in [6.07, 6.45) is 1.74. The van der Waals surface area contributed by atoms with Gasteiger partial charge in [-0.15, -0.1) is 0 Å². The summed E-state index contributed by atoms with van der Waals surface area (Å²) in [5, 5.41) is 11.9. The Labute approximate surface area is 113 Å². The van der Waals surface area contributed by atoms with E-state index in [0.717, 1.165) is 18.5 Å². The molecule has 2 N–H and O–H groups in total. The molecule has 1 amide bonds. The van der Waals surface area contributed by atoms with Crippen LogP contribution in [0.5, 0.6) is 0 Å². The first-order valence-electron chi connectivity index (χ1n) is 6.49.